The van der Waals surface area contributed by atoms with Gasteiger partial charge in [0.05, 0.1) is 11.3 Å². The first-order valence-corrected chi connectivity index (χ1v) is 7.23. The number of ketones is 1. The fourth-order valence-corrected chi connectivity index (χ4v) is 3.60. The van der Waals surface area contributed by atoms with Crippen LogP contribution in [0.2, 0.25) is 0 Å². The maximum Gasteiger partial charge on any atom is 0.333 e. The van der Waals surface area contributed by atoms with E-state index < -0.39 is 17.0 Å². The number of aromatic nitrogens is 2. The molecule has 1 aromatic heterocycles. The van der Waals surface area contributed by atoms with Gasteiger partial charge in [-0.05, 0) is 63.4 Å². The molecule has 0 bridgehead atoms. The van der Waals surface area contributed by atoms with Gasteiger partial charge in [-0.15, -0.1) is 0 Å². The van der Waals surface area contributed by atoms with Crippen molar-refractivity contribution in [2.45, 2.75) is 13.8 Å². The minimum absolute atomic E-state index is 0.0658. The van der Waals surface area contributed by atoms with Crippen molar-refractivity contribution in [3.63, 3.8) is 0 Å². The Labute approximate surface area is 130 Å². The molecule has 104 valence electrons. The molecule has 0 aliphatic rings. The average Bonchev–Trinajstić information content (AvgIpc) is 2.31. The minimum Gasteiger partial charge on any atom is -0.313 e. The lowest BCUT2D eigenvalue weighted by Crippen LogP contribution is -2.36. The van der Waals surface area contributed by atoms with E-state index in [4.69, 9.17) is 0 Å². The van der Waals surface area contributed by atoms with Gasteiger partial charge in [0.15, 0.2) is 5.78 Å². The molecule has 1 N–H and O–H groups in total. The van der Waals surface area contributed by atoms with Gasteiger partial charge in [0, 0.05) is 15.1 Å². The van der Waals surface area contributed by atoms with E-state index in [1.54, 1.807) is 12.1 Å². The number of nitrogens with one attached hydrogen (secondary N) is 1. The normalized spacial score (nSPS) is 10.6. The Balaban J connectivity index is 2.91. The number of nitrogens with zero attached hydrogens (tertiary/aromatic N) is 1. The molecule has 0 saturated carbocycles. The Hall–Kier alpha value is -1.47. The predicted octanol–water partition coefficient (Wildman–Crippen LogP) is 2.56. The number of aryl methyl sites for hydroxylation is 1. The number of Topliss-reactive ketones (excluding diaryl/α,β-unsaturated/α-hetero) is 1. The Kier molecular flexibility index (Phi) is 4.10. The van der Waals surface area contributed by atoms with E-state index in [0.717, 1.165) is 16.3 Å². The molecule has 7 heteroatoms. The van der Waals surface area contributed by atoms with Gasteiger partial charge in [-0.3, -0.25) is 9.59 Å². The first kappa shape index (κ1) is 14.9. The summed E-state index contributed by atoms with van der Waals surface area (Å²) in [5, 5.41) is 0. The highest BCUT2D eigenvalue weighted by molar-refractivity contribution is 9.11. The van der Waals surface area contributed by atoms with Gasteiger partial charge in [-0.2, -0.15) is 0 Å². The second-order valence-electron chi connectivity index (χ2n) is 4.28. The largest absolute Gasteiger partial charge is 0.333 e. The van der Waals surface area contributed by atoms with E-state index in [1.807, 2.05) is 6.92 Å². The Morgan fingerprint density at radius 3 is 2.25 bits per heavy atom. The van der Waals surface area contributed by atoms with E-state index in [-0.39, 0.29) is 5.56 Å². The molecule has 20 heavy (non-hydrogen) atoms. The maximum absolute atomic E-state index is 12.3. The highest BCUT2D eigenvalue weighted by Gasteiger charge is 2.17. The Morgan fingerprint density at radius 2 is 1.75 bits per heavy atom. The van der Waals surface area contributed by atoms with Crippen molar-refractivity contribution >= 4 is 37.6 Å². The standard InChI is InChI=1S/C13H10Br2N2O3/c1-6-3-9(14)11(10(15)4-6)17-12(19)8(7(2)18)5-16-13(17)20/h3-5H,1-2H3,(H,16,20). The molecular formula is C13H10Br2N2O3. The Bertz CT molecular complexity index is 798. The van der Waals surface area contributed by atoms with Crippen molar-refractivity contribution in [2.75, 3.05) is 0 Å². The fourth-order valence-electron chi connectivity index (χ4n) is 1.83. The van der Waals surface area contributed by atoms with Gasteiger partial charge in [0.2, 0.25) is 0 Å². The smallest absolute Gasteiger partial charge is 0.313 e. The lowest BCUT2D eigenvalue weighted by atomic mass is 10.2. The average molecular weight is 402 g/mol. The molecule has 2 aromatic rings. The van der Waals surface area contributed by atoms with Crippen molar-refractivity contribution in [1.82, 2.24) is 9.55 Å². The number of carbonyl (C=O) groups is 1. The zero-order chi connectivity index (χ0) is 15.0. The summed E-state index contributed by atoms with van der Waals surface area (Å²) in [5.74, 6) is -0.403. The van der Waals surface area contributed by atoms with Gasteiger partial charge in [-0.1, -0.05) is 0 Å². The molecule has 1 aromatic carbocycles. The molecular weight excluding hydrogens is 392 g/mol. The molecule has 0 aliphatic carbocycles. The molecule has 0 atom stereocenters. The quantitative estimate of drug-likeness (QED) is 0.786. The van der Waals surface area contributed by atoms with Crippen LogP contribution in [0.4, 0.5) is 0 Å². The third kappa shape index (κ3) is 2.55. The van der Waals surface area contributed by atoms with E-state index >= 15 is 0 Å². The lowest BCUT2D eigenvalue weighted by molar-refractivity contribution is 0.101. The summed E-state index contributed by atoms with van der Waals surface area (Å²) in [6.45, 7) is 3.16. The van der Waals surface area contributed by atoms with Crippen molar-refractivity contribution in [3.05, 3.63) is 59.2 Å². The molecule has 2 rings (SSSR count). The molecule has 0 spiro atoms. The van der Waals surface area contributed by atoms with Crippen LogP contribution in [0.3, 0.4) is 0 Å². The maximum atomic E-state index is 12.3. The predicted molar refractivity (Wildman–Crippen MR) is 82.8 cm³/mol. The van der Waals surface area contributed by atoms with Gasteiger partial charge < -0.3 is 4.98 Å². The molecule has 0 amide bonds. The second-order valence-corrected chi connectivity index (χ2v) is 5.99. The summed E-state index contributed by atoms with van der Waals surface area (Å²) in [7, 11) is 0. The van der Waals surface area contributed by atoms with E-state index in [1.165, 1.54) is 6.92 Å². The van der Waals surface area contributed by atoms with Crippen LogP contribution in [-0.4, -0.2) is 15.3 Å². The number of halogens is 2. The molecule has 0 aliphatic heterocycles. The number of H-pyrrole nitrogens is 1. The van der Waals surface area contributed by atoms with E-state index in [9.17, 15) is 14.4 Å². The number of aromatic amines is 1. The molecule has 0 unspecified atom stereocenters. The fraction of sp³-hybridized carbons (Fsp3) is 0.154. The highest BCUT2D eigenvalue weighted by Crippen LogP contribution is 2.29. The van der Waals surface area contributed by atoms with Crippen molar-refractivity contribution in [1.29, 1.82) is 0 Å². The van der Waals surface area contributed by atoms with Crippen LogP contribution < -0.4 is 11.2 Å². The summed E-state index contributed by atoms with van der Waals surface area (Å²) in [6.07, 6.45) is 1.14. The van der Waals surface area contributed by atoms with Crippen molar-refractivity contribution in [3.8, 4) is 5.69 Å². The minimum atomic E-state index is -0.647. The highest BCUT2D eigenvalue weighted by atomic mass is 79.9. The third-order valence-electron chi connectivity index (χ3n) is 2.74. The van der Waals surface area contributed by atoms with Crippen LogP contribution in [0.5, 0.6) is 0 Å². The Morgan fingerprint density at radius 1 is 1.20 bits per heavy atom. The van der Waals surface area contributed by atoms with Crippen LogP contribution in [0.15, 0.2) is 36.9 Å². The SMILES string of the molecule is CC(=O)c1c[nH]c(=O)n(-c2c(Br)cc(C)cc2Br)c1=O. The first-order chi connectivity index (χ1) is 9.32. The van der Waals surface area contributed by atoms with Crippen LogP contribution in [0.1, 0.15) is 22.8 Å². The molecule has 0 saturated heterocycles. The summed E-state index contributed by atoms with van der Waals surface area (Å²) in [6, 6.07) is 3.57. The van der Waals surface area contributed by atoms with Gasteiger partial charge in [-0.25, -0.2) is 9.36 Å². The van der Waals surface area contributed by atoms with E-state index in [2.05, 4.69) is 36.8 Å². The summed E-state index contributed by atoms with van der Waals surface area (Å²) < 4.78 is 2.10. The zero-order valence-electron chi connectivity index (χ0n) is 10.7. The van der Waals surface area contributed by atoms with Gasteiger partial charge >= 0.3 is 5.69 Å². The summed E-state index contributed by atoms with van der Waals surface area (Å²) in [5.41, 5.74) is 0.00498. The van der Waals surface area contributed by atoms with Crippen LogP contribution >= 0.6 is 31.9 Å². The number of rotatable bonds is 2. The van der Waals surface area contributed by atoms with Crippen LogP contribution in [0, 0.1) is 6.92 Å². The van der Waals surface area contributed by atoms with Crippen molar-refractivity contribution in [2.24, 2.45) is 0 Å². The van der Waals surface area contributed by atoms with Gasteiger partial charge in [0.25, 0.3) is 5.56 Å². The zero-order valence-corrected chi connectivity index (χ0v) is 13.8. The van der Waals surface area contributed by atoms with Crippen LogP contribution in [-0.2, 0) is 0 Å². The van der Waals surface area contributed by atoms with Crippen LogP contribution in [0.25, 0.3) is 5.69 Å². The molecule has 0 fully saturated rings. The van der Waals surface area contributed by atoms with E-state index in [0.29, 0.717) is 14.6 Å². The summed E-state index contributed by atoms with van der Waals surface area (Å²) in [4.78, 5) is 38.1. The third-order valence-corrected chi connectivity index (χ3v) is 3.95. The molecule has 1 heterocycles. The second kappa shape index (κ2) is 5.49. The summed E-state index contributed by atoms with van der Waals surface area (Å²) >= 11 is 6.67. The lowest BCUT2D eigenvalue weighted by Gasteiger charge is -2.11. The number of hydrogen-bond acceptors (Lipinski definition) is 3. The number of hydrogen-bond donors (Lipinski definition) is 1. The monoisotopic (exact) mass is 400 g/mol. The number of benzene rings is 1. The molecule has 5 nitrogen and oxygen atoms in total. The van der Waals surface area contributed by atoms with Gasteiger partial charge in [0.1, 0.15) is 0 Å². The number of carbonyl (C=O) groups excluding carboxylic acids is 1. The van der Waals surface area contributed by atoms with Crippen molar-refractivity contribution < 1.29 is 4.79 Å². The topological polar surface area (TPSA) is 71.9 Å². The molecule has 0 radical (unpaired) electrons. The first-order valence-electron chi connectivity index (χ1n) is 5.64.